The summed E-state index contributed by atoms with van der Waals surface area (Å²) in [5.74, 6) is 0.269. The summed E-state index contributed by atoms with van der Waals surface area (Å²) in [6.45, 7) is 4.10. The van der Waals surface area contributed by atoms with Gasteiger partial charge in [-0.15, -0.1) is 0 Å². The number of ether oxygens (including phenoxy) is 2. The predicted octanol–water partition coefficient (Wildman–Crippen LogP) is 1.22. The highest BCUT2D eigenvalue weighted by atomic mass is 16.5. The molecule has 2 rings (SSSR count). The lowest BCUT2D eigenvalue weighted by atomic mass is 10.3. The summed E-state index contributed by atoms with van der Waals surface area (Å²) in [6.07, 6.45) is 3.39. The number of carbonyl (C=O) groups excluding carboxylic acids is 1. The smallest absolute Gasteiger partial charge is 0.344 e. The van der Waals surface area contributed by atoms with E-state index in [9.17, 15) is 4.79 Å². The van der Waals surface area contributed by atoms with Gasteiger partial charge in [0.2, 0.25) is 11.7 Å². The van der Waals surface area contributed by atoms with E-state index in [0.717, 1.165) is 5.69 Å². The maximum atomic E-state index is 11.6. The first-order chi connectivity index (χ1) is 8.15. The van der Waals surface area contributed by atoms with Crippen molar-refractivity contribution in [1.29, 1.82) is 0 Å². The van der Waals surface area contributed by atoms with E-state index in [2.05, 4.69) is 14.7 Å². The molecule has 0 radical (unpaired) electrons. The molecule has 0 amide bonds. The van der Waals surface area contributed by atoms with Crippen molar-refractivity contribution >= 4 is 11.7 Å². The van der Waals surface area contributed by atoms with Crippen molar-refractivity contribution < 1.29 is 14.3 Å². The van der Waals surface area contributed by atoms with Gasteiger partial charge in [0.25, 0.3) is 0 Å². The molecule has 0 atom stereocenters. The summed E-state index contributed by atoms with van der Waals surface area (Å²) in [5.41, 5.74) is 1.11. The van der Waals surface area contributed by atoms with Crippen molar-refractivity contribution in [2.24, 2.45) is 0 Å². The Balaban J connectivity index is 2.60. The first-order valence-corrected chi connectivity index (χ1v) is 5.23. The third kappa shape index (κ3) is 2.06. The molecule has 0 spiro atoms. The molecule has 0 bridgehead atoms. The Morgan fingerprint density at radius 3 is 2.82 bits per heavy atom. The Labute approximate surface area is 98.2 Å². The first-order valence-electron chi connectivity index (χ1n) is 5.23. The average Bonchev–Trinajstić information content (AvgIpc) is 2.66. The van der Waals surface area contributed by atoms with Gasteiger partial charge < -0.3 is 9.47 Å². The van der Waals surface area contributed by atoms with Crippen LogP contribution in [0.2, 0.25) is 0 Å². The topological polar surface area (TPSA) is 65.7 Å². The van der Waals surface area contributed by atoms with Gasteiger partial charge >= 0.3 is 5.97 Å². The fourth-order valence-electron chi connectivity index (χ4n) is 1.52. The Morgan fingerprint density at radius 2 is 2.18 bits per heavy atom. The third-order valence-corrected chi connectivity index (χ3v) is 2.22. The predicted molar refractivity (Wildman–Crippen MR) is 60.2 cm³/mol. The van der Waals surface area contributed by atoms with E-state index < -0.39 is 5.97 Å². The number of hydrogen-bond acceptors (Lipinski definition) is 5. The zero-order chi connectivity index (χ0) is 12.4. The molecular weight excluding hydrogens is 222 g/mol. The number of aryl methyl sites for hydroxylation is 1. The fourth-order valence-corrected chi connectivity index (χ4v) is 1.52. The van der Waals surface area contributed by atoms with Gasteiger partial charge in [0.1, 0.15) is 5.56 Å². The van der Waals surface area contributed by atoms with Crippen LogP contribution in [0, 0.1) is 6.92 Å². The van der Waals surface area contributed by atoms with Crippen LogP contribution in [-0.4, -0.2) is 34.1 Å². The maximum Gasteiger partial charge on any atom is 0.344 e. The quantitative estimate of drug-likeness (QED) is 0.748. The minimum Gasteiger partial charge on any atom is -0.477 e. The fraction of sp³-hybridized carbons (Fsp3) is 0.364. The molecule has 0 saturated carbocycles. The van der Waals surface area contributed by atoms with Crippen LogP contribution in [-0.2, 0) is 4.74 Å². The standard InChI is InChI=1S/C11H13N3O3/c1-4-17-9-8(10(15)16-3)6-14-5-7(2)12-11(14)13-9/h5-6H,4H2,1-3H3. The summed E-state index contributed by atoms with van der Waals surface area (Å²) >= 11 is 0. The normalized spacial score (nSPS) is 10.5. The zero-order valence-corrected chi connectivity index (χ0v) is 9.93. The van der Waals surface area contributed by atoms with Gasteiger partial charge in [-0.3, -0.25) is 4.40 Å². The average molecular weight is 235 g/mol. The van der Waals surface area contributed by atoms with Crippen LogP contribution < -0.4 is 4.74 Å². The van der Waals surface area contributed by atoms with Crippen molar-refractivity contribution in [1.82, 2.24) is 14.4 Å². The lowest BCUT2D eigenvalue weighted by Crippen LogP contribution is -2.09. The molecule has 2 aromatic rings. The second-order valence-electron chi connectivity index (χ2n) is 3.47. The minimum absolute atomic E-state index is 0.248. The van der Waals surface area contributed by atoms with Crippen LogP contribution in [0.4, 0.5) is 0 Å². The van der Waals surface area contributed by atoms with Gasteiger partial charge in [-0.1, -0.05) is 0 Å². The van der Waals surface area contributed by atoms with Crippen LogP contribution in [0.3, 0.4) is 0 Å². The van der Waals surface area contributed by atoms with Gasteiger partial charge in [0.05, 0.1) is 19.4 Å². The first kappa shape index (κ1) is 11.4. The van der Waals surface area contributed by atoms with E-state index in [-0.39, 0.29) is 5.88 Å². The summed E-state index contributed by atoms with van der Waals surface area (Å²) < 4.78 is 11.7. The monoisotopic (exact) mass is 235 g/mol. The molecule has 0 aliphatic rings. The lowest BCUT2D eigenvalue weighted by Gasteiger charge is -2.07. The van der Waals surface area contributed by atoms with E-state index in [1.807, 2.05) is 13.8 Å². The van der Waals surface area contributed by atoms with Crippen molar-refractivity contribution in [3.8, 4) is 5.88 Å². The SMILES string of the molecule is CCOc1nc2nc(C)cn2cc1C(=O)OC. The van der Waals surface area contributed by atoms with Crippen LogP contribution in [0.15, 0.2) is 12.4 Å². The van der Waals surface area contributed by atoms with E-state index >= 15 is 0 Å². The number of nitrogens with zero attached hydrogens (tertiary/aromatic N) is 3. The van der Waals surface area contributed by atoms with Crippen LogP contribution >= 0.6 is 0 Å². The summed E-state index contributed by atoms with van der Waals surface area (Å²) in [6, 6.07) is 0. The highest BCUT2D eigenvalue weighted by molar-refractivity contribution is 5.91. The van der Waals surface area contributed by atoms with Crippen LogP contribution in [0.1, 0.15) is 23.0 Å². The van der Waals surface area contributed by atoms with Crippen molar-refractivity contribution in [2.45, 2.75) is 13.8 Å². The maximum absolute atomic E-state index is 11.6. The second-order valence-corrected chi connectivity index (χ2v) is 3.47. The van der Waals surface area contributed by atoms with E-state index in [1.165, 1.54) is 7.11 Å². The molecule has 2 aromatic heterocycles. The molecule has 90 valence electrons. The van der Waals surface area contributed by atoms with Gasteiger partial charge in [0, 0.05) is 12.4 Å². The number of aromatic nitrogens is 3. The van der Waals surface area contributed by atoms with E-state index in [1.54, 1.807) is 16.8 Å². The Kier molecular flexibility index (Phi) is 2.95. The van der Waals surface area contributed by atoms with Gasteiger partial charge in [0.15, 0.2) is 0 Å². The molecule has 0 aromatic carbocycles. The highest BCUT2D eigenvalue weighted by Gasteiger charge is 2.17. The molecule has 17 heavy (non-hydrogen) atoms. The number of imidazole rings is 1. The van der Waals surface area contributed by atoms with E-state index in [4.69, 9.17) is 4.74 Å². The van der Waals surface area contributed by atoms with Gasteiger partial charge in [-0.2, -0.15) is 4.98 Å². The molecule has 0 fully saturated rings. The molecule has 0 aliphatic heterocycles. The van der Waals surface area contributed by atoms with Gasteiger partial charge in [-0.25, -0.2) is 9.78 Å². The summed E-state index contributed by atoms with van der Waals surface area (Å²) in [7, 11) is 1.32. The lowest BCUT2D eigenvalue weighted by molar-refractivity contribution is 0.0594. The van der Waals surface area contributed by atoms with Crippen LogP contribution in [0.5, 0.6) is 5.88 Å². The molecule has 0 unspecified atom stereocenters. The number of hydrogen-bond donors (Lipinski definition) is 0. The number of rotatable bonds is 3. The largest absolute Gasteiger partial charge is 0.477 e. The second kappa shape index (κ2) is 4.40. The summed E-state index contributed by atoms with van der Waals surface area (Å²) in [4.78, 5) is 20.0. The minimum atomic E-state index is -0.478. The van der Waals surface area contributed by atoms with Gasteiger partial charge in [-0.05, 0) is 13.8 Å². The molecule has 6 nitrogen and oxygen atoms in total. The molecular formula is C11H13N3O3. The molecule has 2 heterocycles. The number of carbonyl (C=O) groups is 1. The van der Waals surface area contributed by atoms with Crippen molar-refractivity contribution in [2.75, 3.05) is 13.7 Å². The highest BCUT2D eigenvalue weighted by Crippen LogP contribution is 2.18. The third-order valence-electron chi connectivity index (χ3n) is 2.22. The number of fused-ring (bicyclic) bond motifs is 1. The molecule has 6 heteroatoms. The molecule has 0 saturated heterocycles. The number of esters is 1. The number of methoxy groups -OCH3 is 1. The van der Waals surface area contributed by atoms with Crippen molar-refractivity contribution in [3.63, 3.8) is 0 Å². The molecule has 0 N–H and O–H groups in total. The Hall–Kier alpha value is -2.11. The van der Waals surface area contributed by atoms with Crippen molar-refractivity contribution in [3.05, 3.63) is 23.7 Å². The van der Waals surface area contributed by atoms with Crippen LogP contribution in [0.25, 0.3) is 5.78 Å². The Bertz CT molecular complexity index is 562. The zero-order valence-electron chi connectivity index (χ0n) is 9.93. The Morgan fingerprint density at radius 1 is 1.41 bits per heavy atom. The van der Waals surface area contributed by atoms with E-state index in [0.29, 0.717) is 17.9 Å². The summed E-state index contributed by atoms with van der Waals surface area (Å²) in [5, 5.41) is 0. The molecule has 0 aliphatic carbocycles.